The summed E-state index contributed by atoms with van der Waals surface area (Å²) in [6.45, 7) is 0. The van der Waals surface area contributed by atoms with Crippen LogP contribution in [-0.2, 0) is 9.59 Å². The molecule has 2 atom stereocenters. The van der Waals surface area contributed by atoms with Crippen molar-refractivity contribution < 1.29 is 23.5 Å². The van der Waals surface area contributed by atoms with Crippen molar-refractivity contribution in [2.75, 3.05) is 4.90 Å². The van der Waals surface area contributed by atoms with Crippen LogP contribution in [0.1, 0.15) is 6.42 Å². The minimum Gasteiger partial charge on any atom is -0.480 e. The largest absolute Gasteiger partial charge is 0.480 e. The number of hydrogen-bond acceptors (Lipinski definition) is 3. The molecular formula is C11H10F2N2O3. The number of nitrogens with two attached hydrogens (primary N) is 1. The molecule has 18 heavy (non-hydrogen) atoms. The van der Waals surface area contributed by atoms with Crippen LogP contribution in [0.2, 0.25) is 0 Å². The number of carboxylic acids is 1. The maximum Gasteiger partial charge on any atom is 0.326 e. The summed E-state index contributed by atoms with van der Waals surface area (Å²) in [6.07, 6.45) is -0.135. The number of carbonyl (C=O) groups is 2. The minimum absolute atomic E-state index is 0.135. The number of carboxylic acid groups (broad SMARTS) is 1. The first kappa shape index (κ1) is 12.4. The molecule has 0 bridgehead atoms. The number of rotatable bonds is 2. The van der Waals surface area contributed by atoms with Crippen LogP contribution >= 0.6 is 0 Å². The van der Waals surface area contributed by atoms with Crippen molar-refractivity contribution in [2.45, 2.75) is 18.5 Å². The molecule has 3 N–H and O–H groups in total. The van der Waals surface area contributed by atoms with Crippen molar-refractivity contribution in [3.63, 3.8) is 0 Å². The second kappa shape index (κ2) is 4.34. The van der Waals surface area contributed by atoms with Gasteiger partial charge in [-0.3, -0.25) is 9.69 Å². The third-order valence-electron chi connectivity index (χ3n) is 2.82. The Labute approximate surface area is 101 Å². The van der Waals surface area contributed by atoms with Crippen LogP contribution in [0.15, 0.2) is 18.2 Å². The predicted molar refractivity (Wildman–Crippen MR) is 57.9 cm³/mol. The highest BCUT2D eigenvalue weighted by Crippen LogP contribution is 2.29. The van der Waals surface area contributed by atoms with Gasteiger partial charge in [-0.25, -0.2) is 13.6 Å². The molecule has 0 aromatic heterocycles. The first-order valence-electron chi connectivity index (χ1n) is 5.19. The lowest BCUT2D eigenvalue weighted by atomic mass is 10.2. The van der Waals surface area contributed by atoms with Crippen LogP contribution in [0.25, 0.3) is 0 Å². The Hall–Kier alpha value is -2.02. The third kappa shape index (κ3) is 1.82. The average Bonchev–Trinajstić information content (AvgIpc) is 2.60. The Morgan fingerprint density at radius 1 is 1.44 bits per heavy atom. The molecule has 1 amide bonds. The molecular weight excluding hydrogens is 246 g/mol. The standard InChI is InChI=1S/C11H10F2N2O3/c12-5-2-1-3-7(9(5)13)15-8(11(17)18)4-6(14)10(15)16/h1-3,6,8H,4,14H2,(H,17,18)/t6-,8-/m0/s1. The highest BCUT2D eigenvalue weighted by atomic mass is 19.2. The quantitative estimate of drug-likeness (QED) is 0.806. The van der Waals surface area contributed by atoms with Crippen molar-refractivity contribution >= 4 is 17.6 Å². The van der Waals surface area contributed by atoms with Gasteiger partial charge in [-0.2, -0.15) is 0 Å². The van der Waals surface area contributed by atoms with Gasteiger partial charge < -0.3 is 10.8 Å². The lowest BCUT2D eigenvalue weighted by Gasteiger charge is -2.22. The third-order valence-corrected chi connectivity index (χ3v) is 2.82. The van der Waals surface area contributed by atoms with E-state index in [-0.39, 0.29) is 6.42 Å². The Morgan fingerprint density at radius 3 is 2.72 bits per heavy atom. The molecule has 0 aliphatic carbocycles. The van der Waals surface area contributed by atoms with E-state index in [0.29, 0.717) is 4.90 Å². The van der Waals surface area contributed by atoms with Gasteiger partial charge in [0.2, 0.25) is 5.91 Å². The number of halogens is 2. The van der Waals surface area contributed by atoms with Gasteiger partial charge >= 0.3 is 5.97 Å². The van der Waals surface area contributed by atoms with E-state index in [2.05, 4.69) is 0 Å². The molecule has 1 aromatic carbocycles. The second-order valence-electron chi connectivity index (χ2n) is 3.98. The van der Waals surface area contributed by atoms with E-state index in [4.69, 9.17) is 10.8 Å². The fraction of sp³-hybridized carbons (Fsp3) is 0.273. The van der Waals surface area contributed by atoms with Gasteiger partial charge in [0, 0.05) is 6.42 Å². The van der Waals surface area contributed by atoms with Crippen molar-refractivity contribution in [1.29, 1.82) is 0 Å². The molecule has 7 heteroatoms. The molecule has 1 fully saturated rings. The summed E-state index contributed by atoms with van der Waals surface area (Å²) in [5.41, 5.74) is 5.05. The van der Waals surface area contributed by atoms with E-state index in [1.54, 1.807) is 0 Å². The Morgan fingerprint density at radius 2 is 2.11 bits per heavy atom. The maximum absolute atomic E-state index is 13.6. The maximum atomic E-state index is 13.6. The normalized spacial score (nSPS) is 23.5. The fourth-order valence-corrected chi connectivity index (χ4v) is 1.96. The number of nitrogens with zero attached hydrogens (tertiary/aromatic N) is 1. The van der Waals surface area contributed by atoms with Gasteiger partial charge in [0.1, 0.15) is 6.04 Å². The van der Waals surface area contributed by atoms with E-state index in [0.717, 1.165) is 12.1 Å². The summed E-state index contributed by atoms with van der Waals surface area (Å²) in [5, 5.41) is 8.98. The van der Waals surface area contributed by atoms with Crippen molar-refractivity contribution in [3.05, 3.63) is 29.8 Å². The first-order valence-corrected chi connectivity index (χ1v) is 5.19. The fourth-order valence-electron chi connectivity index (χ4n) is 1.96. The SMILES string of the molecule is N[C@H]1C[C@@H](C(=O)O)N(c2cccc(F)c2F)C1=O. The summed E-state index contributed by atoms with van der Waals surface area (Å²) in [6, 6.07) is 0.931. The Bertz CT molecular complexity index is 521. The van der Waals surface area contributed by atoms with Gasteiger partial charge in [0.25, 0.3) is 0 Å². The number of carbonyl (C=O) groups excluding carboxylic acids is 1. The summed E-state index contributed by atoms with van der Waals surface area (Å²) in [5.74, 6) is -4.44. The van der Waals surface area contributed by atoms with Gasteiger partial charge in [-0.05, 0) is 12.1 Å². The predicted octanol–water partition coefficient (Wildman–Crippen LogP) is 0.482. The molecule has 1 aliphatic heterocycles. The second-order valence-corrected chi connectivity index (χ2v) is 3.98. The van der Waals surface area contributed by atoms with Gasteiger partial charge in [-0.1, -0.05) is 6.07 Å². The summed E-state index contributed by atoms with van der Waals surface area (Å²) in [4.78, 5) is 23.4. The van der Waals surface area contributed by atoms with Gasteiger partial charge in [-0.15, -0.1) is 0 Å². The van der Waals surface area contributed by atoms with Crippen molar-refractivity contribution in [2.24, 2.45) is 5.73 Å². The summed E-state index contributed by atoms with van der Waals surface area (Å²) in [7, 11) is 0. The highest BCUT2D eigenvalue weighted by Gasteiger charge is 2.43. The summed E-state index contributed by atoms with van der Waals surface area (Å²) < 4.78 is 26.7. The molecule has 0 unspecified atom stereocenters. The zero-order valence-corrected chi connectivity index (χ0v) is 9.14. The van der Waals surface area contributed by atoms with Crippen LogP contribution in [-0.4, -0.2) is 29.1 Å². The Balaban J connectivity index is 2.50. The molecule has 2 rings (SSSR count). The van der Waals surface area contributed by atoms with Crippen LogP contribution in [0.5, 0.6) is 0 Å². The Kier molecular flexibility index (Phi) is 3.00. The first-order chi connectivity index (χ1) is 8.43. The van der Waals surface area contributed by atoms with Crippen LogP contribution in [0.3, 0.4) is 0 Å². The van der Waals surface area contributed by atoms with Gasteiger partial charge in [0.15, 0.2) is 11.6 Å². The smallest absolute Gasteiger partial charge is 0.326 e. The number of anilines is 1. The topological polar surface area (TPSA) is 83.6 Å². The molecule has 1 aliphatic rings. The molecule has 1 heterocycles. The lowest BCUT2D eigenvalue weighted by molar-refractivity contribution is -0.138. The molecule has 0 spiro atoms. The van der Waals surface area contributed by atoms with Crippen LogP contribution in [0, 0.1) is 11.6 Å². The van der Waals surface area contributed by atoms with Crippen molar-refractivity contribution in [1.82, 2.24) is 0 Å². The minimum atomic E-state index is -1.31. The van der Waals surface area contributed by atoms with Crippen LogP contribution < -0.4 is 10.6 Å². The number of aliphatic carboxylic acids is 1. The van der Waals surface area contributed by atoms with Crippen LogP contribution in [0.4, 0.5) is 14.5 Å². The van der Waals surface area contributed by atoms with Crippen molar-refractivity contribution in [3.8, 4) is 0 Å². The average molecular weight is 256 g/mol. The summed E-state index contributed by atoms with van der Waals surface area (Å²) >= 11 is 0. The van der Waals surface area contributed by atoms with E-state index >= 15 is 0 Å². The lowest BCUT2D eigenvalue weighted by Crippen LogP contribution is -2.40. The number of benzene rings is 1. The van der Waals surface area contributed by atoms with E-state index in [9.17, 15) is 18.4 Å². The van der Waals surface area contributed by atoms with Gasteiger partial charge in [0.05, 0.1) is 11.7 Å². The number of hydrogen-bond donors (Lipinski definition) is 2. The molecule has 5 nitrogen and oxygen atoms in total. The molecule has 0 saturated carbocycles. The molecule has 0 radical (unpaired) electrons. The van der Waals surface area contributed by atoms with E-state index in [1.807, 2.05) is 0 Å². The zero-order chi connectivity index (χ0) is 13.4. The molecule has 1 saturated heterocycles. The van der Waals surface area contributed by atoms with E-state index in [1.165, 1.54) is 6.07 Å². The highest BCUT2D eigenvalue weighted by molar-refractivity contribution is 6.05. The van der Waals surface area contributed by atoms with E-state index < -0.39 is 41.3 Å². The zero-order valence-electron chi connectivity index (χ0n) is 9.14. The molecule has 96 valence electrons. The monoisotopic (exact) mass is 256 g/mol. The molecule has 1 aromatic rings. The number of amides is 1.